The molecular formula is C45H32N4. The molecule has 232 valence electrons. The van der Waals surface area contributed by atoms with Crippen LogP contribution in [0.4, 0.5) is 11.4 Å². The first-order valence-electron chi connectivity index (χ1n) is 16.9. The Hall–Kier alpha value is -6.36. The maximum Gasteiger partial charge on any atom is 0.0998 e. The first-order valence-corrected chi connectivity index (χ1v) is 16.9. The highest BCUT2D eigenvalue weighted by molar-refractivity contribution is 5.97. The standard InChI is InChI=1S/C45H32N4/c1-29-20-25-42-38(26-29)35-13-3-5-16-39(35)48(42)33-23-21-30(22-24-33)44-31(27-46)10-8-15-36(44)34-12-2-6-17-40(34)49-41-18-7-4-14-37(41)45-32(28-47)11-9-19-43(45)49/h2-3,5-13,15-26,35,39H,4,14H2,1H3. The predicted molar refractivity (Wildman–Crippen MR) is 199 cm³/mol. The Labute approximate surface area is 286 Å². The fourth-order valence-corrected chi connectivity index (χ4v) is 8.27. The van der Waals surface area contributed by atoms with Crippen molar-refractivity contribution in [3.8, 4) is 40.1 Å². The van der Waals surface area contributed by atoms with Crippen LogP contribution in [0.1, 0.15) is 45.8 Å². The van der Waals surface area contributed by atoms with Crippen molar-refractivity contribution in [2.45, 2.75) is 31.7 Å². The minimum atomic E-state index is 0.222. The molecule has 0 bridgehead atoms. The topological polar surface area (TPSA) is 55.8 Å². The van der Waals surface area contributed by atoms with Crippen LogP contribution in [0, 0.1) is 29.6 Å². The number of benzene rings is 5. The Morgan fingerprint density at radius 2 is 1.51 bits per heavy atom. The minimum absolute atomic E-state index is 0.222. The van der Waals surface area contributed by atoms with Gasteiger partial charge in [0.15, 0.2) is 0 Å². The molecule has 0 spiro atoms. The highest BCUT2D eigenvalue weighted by Crippen LogP contribution is 2.49. The zero-order valence-electron chi connectivity index (χ0n) is 27.1. The van der Waals surface area contributed by atoms with E-state index in [1.165, 1.54) is 22.4 Å². The average Bonchev–Trinajstić information content (AvgIpc) is 3.67. The smallest absolute Gasteiger partial charge is 0.0998 e. The fraction of sp³-hybridized carbons (Fsp3) is 0.111. The first-order chi connectivity index (χ1) is 24.2. The number of allylic oxidation sites excluding steroid dienone is 3. The van der Waals surface area contributed by atoms with E-state index in [9.17, 15) is 10.5 Å². The Morgan fingerprint density at radius 1 is 0.735 bits per heavy atom. The third-order valence-corrected chi connectivity index (χ3v) is 10.4. The van der Waals surface area contributed by atoms with Crippen molar-refractivity contribution in [1.82, 2.24) is 4.57 Å². The monoisotopic (exact) mass is 628 g/mol. The van der Waals surface area contributed by atoms with Crippen LogP contribution in [0.2, 0.25) is 0 Å². The maximum absolute atomic E-state index is 10.4. The van der Waals surface area contributed by atoms with Crippen molar-refractivity contribution in [3.63, 3.8) is 0 Å². The van der Waals surface area contributed by atoms with E-state index in [0.717, 1.165) is 63.1 Å². The van der Waals surface area contributed by atoms with E-state index < -0.39 is 0 Å². The van der Waals surface area contributed by atoms with E-state index in [1.807, 2.05) is 24.3 Å². The largest absolute Gasteiger partial charge is 0.333 e. The van der Waals surface area contributed by atoms with Crippen molar-refractivity contribution in [2.24, 2.45) is 0 Å². The summed E-state index contributed by atoms with van der Waals surface area (Å²) in [6.45, 7) is 2.16. The summed E-state index contributed by atoms with van der Waals surface area (Å²) in [5.41, 5.74) is 14.7. The molecule has 2 heterocycles. The molecule has 2 unspecified atom stereocenters. The number of fused-ring (bicyclic) bond motifs is 6. The number of aromatic nitrogens is 1. The molecule has 49 heavy (non-hydrogen) atoms. The summed E-state index contributed by atoms with van der Waals surface area (Å²) >= 11 is 0. The SMILES string of the molecule is Cc1ccc2c(c1)C1C=CC=CC1N2c1ccc(-c2c(C#N)cccc2-c2ccccc2-n2c3c(c4c(C#N)cccc42)CCC=C3)cc1. The number of nitrogens with zero attached hydrogens (tertiary/aromatic N) is 4. The van der Waals surface area contributed by atoms with Crippen LogP contribution in [-0.4, -0.2) is 10.6 Å². The third kappa shape index (κ3) is 4.42. The van der Waals surface area contributed by atoms with Crippen LogP contribution >= 0.6 is 0 Å². The van der Waals surface area contributed by atoms with Crippen molar-refractivity contribution < 1.29 is 0 Å². The molecule has 0 radical (unpaired) electrons. The molecule has 2 atom stereocenters. The van der Waals surface area contributed by atoms with Gasteiger partial charge in [-0.05, 0) is 90.6 Å². The molecule has 4 heteroatoms. The van der Waals surface area contributed by atoms with E-state index in [2.05, 4.69) is 144 Å². The van der Waals surface area contributed by atoms with E-state index in [-0.39, 0.29) is 6.04 Å². The second-order valence-electron chi connectivity index (χ2n) is 13.1. The van der Waals surface area contributed by atoms with Gasteiger partial charge in [-0.25, -0.2) is 0 Å². The maximum atomic E-state index is 10.4. The quantitative estimate of drug-likeness (QED) is 0.195. The Bertz CT molecular complexity index is 2490. The van der Waals surface area contributed by atoms with Gasteiger partial charge in [-0.3, -0.25) is 0 Å². The molecule has 1 aliphatic heterocycles. The van der Waals surface area contributed by atoms with E-state index in [0.29, 0.717) is 17.0 Å². The van der Waals surface area contributed by atoms with Gasteiger partial charge >= 0.3 is 0 Å². The Balaban J connectivity index is 1.20. The summed E-state index contributed by atoms with van der Waals surface area (Å²) in [7, 11) is 0. The fourth-order valence-electron chi connectivity index (χ4n) is 8.27. The second-order valence-corrected chi connectivity index (χ2v) is 13.1. The number of anilines is 2. The molecule has 5 aromatic carbocycles. The summed E-state index contributed by atoms with van der Waals surface area (Å²) in [6.07, 6.45) is 15.2. The molecule has 3 aliphatic rings. The van der Waals surface area contributed by atoms with E-state index in [4.69, 9.17) is 0 Å². The molecular weight excluding hydrogens is 597 g/mol. The van der Waals surface area contributed by atoms with Crippen LogP contribution in [0.5, 0.6) is 0 Å². The minimum Gasteiger partial charge on any atom is -0.333 e. The van der Waals surface area contributed by atoms with Crippen LogP contribution in [0.25, 0.3) is 44.9 Å². The van der Waals surface area contributed by atoms with Crippen LogP contribution in [0.15, 0.2) is 134 Å². The summed E-state index contributed by atoms with van der Waals surface area (Å²) in [4.78, 5) is 2.44. The number of hydrogen-bond donors (Lipinski definition) is 0. The molecule has 0 N–H and O–H groups in total. The van der Waals surface area contributed by atoms with Gasteiger partial charge in [0.2, 0.25) is 0 Å². The van der Waals surface area contributed by atoms with Gasteiger partial charge in [0, 0.05) is 39.5 Å². The first kappa shape index (κ1) is 28.8. The predicted octanol–water partition coefficient (Wildman–Crippen LogP) is 10.7. The molecule has 0 saturated carbocycles. The normalized spacial score (nSPS) is 17.0. The lowest BCUT2D eigenvalue weighted by atomic mass is 9.89. The van der Waals surface area contributed by atoms with Gasteiger partial charge in [-0.15, -0.1) is 0 Å². The third-order valence-electron chi connectivity index (χ3n) is 10.4. The van der Waals surface area contributed by atoms with Gasteiger partial charge in [0.1, 0.15) is 0 Å². The molecule has 4 nitrogen and oxygen atoms in total. The summed E-state index contributed by atoms with van der Waals surface area (Å²) in [5.74, 6) is 0.316. The number of rotatable bonds is 4. The van der Waals surface area contributed by atoms with Gasteiger partial charge in [-0.2, -0.15) is 10.5 Å². The molecule has 0 amide bonds. The Morgan fingerprint density at radius 3 is 2.37 bits per heavy atom. The van der Waals surface area contributed by atoms with Crippen molar-refractivity contribution in [1.29, 1.82) is 10.5 Å². The van der Waals surface area contributed by atoms with Gasteiger partial charge in [0.05, 0.1) is 40.5 Å². The number of nitriles is 2. The number of hydrogen-bond acceptors (Lipinski definition) is 3. The molecule has 0 fully saturated rings. The molecule has 1 aromatic heterocycles. The lowest BCUT2D eigenvalue weighted by Gasteiger charge is -2.29. The van der Waals surface area contributed by atoms with Crippen molar-refractivity contribution in [3.05, 3.63) is 167 Å². The molecule has 9 rings (SSSR count). The van der Waals surface area contributed by atoms with Crippen LogP contribution in [0.3, 0.4) is 0 Å². The number of aryl methyl sites for hydroxylation is 2. The summed E-state index contributed by atoms with van der Waals surface area (Å²) < 4.78 is 2.30. The number of para-hydroxylation sites is 1. The van der Waals surface area contributed by atoms with E-state index >= 15 is 0 Å². The van der Waals surface area contributed by atoms with Gasteiger partial charge in [0.25, 0.3) is 0 Å². The average molecular weight is 629 g/mol. The van der Waals surface area contributed by atoms with Crippen LogP contribution in [-0.2, 0) is 6.42 Å². The van der Waals surface area contributed by atoms with Crippen molar-refractivity contribution in [2.75, 3.05) is 4.90 Å². The lowest BCUT2D eigenvalue weighted by Crippen LogP contribution is -2.28. The van der Waals surface area contributed by atoms with Gasteiger partial charge < -0.3 is 9.47 Å². The summed E-state index contributed by atoms with van der Waals surface area (Å²) in [5, 5.41) is 21.5. The van der Waals surface area contributed by atoms with Gasteiger partial charge in [-0.1, -0.05) is 96.6 Å². The zero-order chi connectivity index (χ0) is 33.1. The van der Waals surface area contributed by atoms with Crippen LogP contribution < -0.4 is 4.90 Å². The Kier molecular flexibility index (Phi) is 6.71. The zero-order valence-corrected chi connectivity index (χ0v) is 27.1. The molecule has 2 aliphatic carbocycles. The lowest BCUT2D eigenvalue weighted by molar-refractivity contribution is 0.744. The highest BCUT2D eigenvalue weighted by Gasteiger charge is 2.37. The molecule has 6 aromatic rings. The molecule has 0 saturated heterocycles. The van der Waals surface area contributed by atoms with Crippen molar-refractivity contribution >= 4 is 28.4 Å². The second kappa shape index (κ2) is 11.4. The van der Waals surface area contributed by atoms with E-state index in [1.54, 1.807) is 0 Å². The highest BCUT2D eigenvalue weighted by atomic mass is 15.2. The summed E-state index contributed by atoms with van der Waals surface area (Å²) in [6, 6.07) is 41.1.